The number of hydrogen-bond acceptors (Lipinski definition) is 1. The fraction of sp³-hybridized carbons (Fsp3) is 0.125. The van der Waals surface area contributed by atoms with Crippen LogP contribution in [-0.4, -0.2) is 15.5 Å². The Morgan fingerprint density at radius 1 is 1.67 bits per heavy atom. The molecular formula is C8H9N3O. The SMILES string of the molecule is Cn1c(C(N)=O)cc2cc[nH]c21. The van der Waals surface area contributed by atoms with Gasteiger partial charge in [0.15, 0.2) is 0 Å². The van der Waals surface area contributed by atoms with Gasteiger partial charge in [0, 0.05) is 18.6 Å². The lowest BCUT2D eigenvalue weighted by molar-refractivity contribution is 0.0993. The molecule has 0 bridgehead atoms. The summed E-state index contributed by atoms with van der Waals surface area (Å²) >= 11 is 0. The largest absolute Gasteiger partial charge is 0.364 e. The molecule has 3 N–H and O–H groups in total. The molecule has 2 aromatic rings. The summed E-state index contributed by atoms with van der Waals surface area (Å²) in [6.07, 6.45) is 1.83. The van der Waals surface area contributed by atoms with Gasteiger partial charge < -0.3 is 15.3 Å². The number of nitrogens with two attached hydrogens (primary N) is 1. The van der Waals surface area contributed by atoms with E-state index < -0.39 is 5.91 Å². The van der Waals surface area contributed by atoms with Crippen molar-refractivity contribution in [3.8, 4) is 0 Å². The second-order valence-electron chi connectivity index (χ2n) is 2.73. The highest BCUT2D eigenvalue weighted by Crippen LogP contribution is 2.15. The van der Waals surface area contributed by atoms with Gasteiger partial charge in [0.25, 0.3) is 5.91 Å². The molecule has 4 heteroatoms. The molecule has 0 saturated carbocycles. The molecule has 0 aliphatic carbocycles. The third kappa shape index (κ3) is 0.747. The minimum atomic E-state index is -0.401. The summed E-state index contributed by atoms with van der Waals surface area (Å²) in [7, 11) is 1.80. The van der Waals surface area contributed by atoms with E-state index in [2.05, 4.69) is 4.98 Å². The van der Waals surface area contributed by atoms with Crippen LogP contribution in [0.4, 0.5) is 0 Å². The van der Waals surface area contributed by atoms with Gasteiger partial charge in [0.05, 0.1) is 0 Å². The maximum absolute atomic E-state index is 10.9. The number of hydrogen-bond donors (Lipinski definition) is 2. The first-order valence-corrected chi connectivity index (χ1v) is 3.63. The van der Waals surface area contributed by atoms with Crippen molar-refractivity contribution in [2.45, 2.75) is 0 Å². The predicted octanol–water partition coefficient (Wildman–Crippen LogP) is 0.605. The molecule has 62 valence electrons. The molecule has 0 radical (unpaired) electrons. The first kappa shape index (κ1) is 6.97. The summed E-state index contributed by atoms with van der Waals surface area (Å²) in [6, 6.07) is 3.68. The van der Waals surface area contributed by atoms with Gasteiger partial charge in [-0.05, 0) is 12.1 Å². The average Bonchev–Trinajstić information content (AvgIpc) is 2.53. The Morgan fingerprint density at radius 2 is 2.42 bits per heavy atom. The van der Waals surface area contributed by atoms with Gasteiger partial charge in [-0.25, -0.2) is 0 Å². The molecule has 1 amide bonds. The van der Waals surface area contributed by atoms with Crippen LogP contribution in [0.1, 0.15) is 10.5 Å². The van der Waals surface area contributed by atoms with Crippen molar-refractivity contribution in [2.24, 2.45) is 12.8 Å². The summed E-state index contributed by atoms with van der Waals surface area (Å²) in [4.78, 5) is 13.9. The van der Waals surface area contributed by atoms with Crippen LogP contribution in [0.25, 0.3) is 11.0 Å². The van der Waals surface area contributed by atoms with Crippen LogP contribution < -0.4 is 5.73 Å². The van der Waals surface area contributed by atoms with E-state index in [0.717, 1.165) is 11.0 Å². The lowest BCUT2D eigenvalue weighted by Gasteiger charge is -1.96. The van der Waals surface area contributed by atoms with Crippen LogP contribution in [0.2, 0.25) is 0 Å². The Morgan fingerprint density at radius 3 is 3.00 bits per heavy atom. The lowest BCUT2D eigenvalue weighted by Crippen LogP contribution is -2.15. The number of carbonyl (C=O) groups is 1. The van der Waals surface area contributed by atoms with E-state index in [1.54, 1.807) is 17.7 Å². The number of aromatic amines is 1. The van der Waals surface area contributed by atoms with Crippen molar-refractivity contribution in [1.29, 1.82) is 0 Å². The molecule has 0 atom stereocenters. The van der Waals surface area contributed by atoms with E-state index in [1.807, 2.05) is 12.3 Å². The fourth-order valence-electron chi connectivity index (χ4n) is 1.38. The highest BCUT2D eigenvalue weighted by molar-refractivity contribution is 5.96. The number of fused-ring (bicyclic) bond motifs is 1. The van der Waals surface area contributed by atoms with E-state index in [1.165, 1.54) is 0 Å². The molecule has 4 nitrogen and oxygen atoms in total. The van der Waals surface area contributed by atoms with Crippen LogP contribution in [0.5, 0.6) is 0 Å². The van der Waals surface area contributed by atoms with Crippen molar-refractivity contribution >= 4 is 16.9 Å². The van der Waals surface area contributed by atoms with E-state index in [4.69, 9.17) is 5.73 Å². The zero-order valence-corrected chi connectivity index (χ0v) is 6.66. The number of nitrogens with zero attached hydrogens (tertiary/aromatic N) is 1. The number of amides is 1. The summed E-state index contributed by atoms with van der Waals surface area (Å²) in [5, 5.41) is 1.01. The maximum Gasteiger partial charge on any atom is 0.265 e. The minimum absolute atomic E-state index is 0.401. The Balaban J connectivity index is 2.78. The topological polar surface area (TPSA) is 63.8 Å². The third-order valence-corrected chi connectivity index (χ3v) is 2.00. The summed E-state index contributed by atoms with van der Waals surface area (Å²) < 4.78 is 1.75. The molecular weight excluding hydrogens is 154 g/mol. The van der Waals surface area contributed by atoms with Gasteiger partial charge in [0.1, 0.15) is 11.3 Å². The fourth-order valence-corrected chi connectivity index (χ4v) is 1.38. The van der Waals surface area contributed by atoms with Crippen molar-refractivity contribution in [3.63, 3.8) is 0 Å². The molecule has 2 aromatic heterocycles. The summed E-state index contributed by atoms with van der Waals surface area (Å²) in [6.45, 7) is 0. The lowest BCUT2D eigenvalue weighted by atomic mass is 10.3. The number of rotatable bonds is 1. The van der Waals surface area contributed by atoms with Crippen LogP contribution in [0, 0.1) is 0 Å². The monoisotopic (exact) mass is 163 g/mol. The van der Waals surface area contributed by atoms with Gasteiger partial charge in [-0.15, -0.1) is 0 Å². The van der Waals surface area contributed by atoms with E-state index in [0.29, 0.717) is 5.69 Å². The number of nitrogens with one attached hydrogen (secondary N) is 1. The molecule has 0 saturated heterocycles. The van der Waals surface area contributed by atoms with Gasteiger partial charge in [-0.2, -0.15) is 0 Å². The molecule has 0 spiro atoms. The molecule has 0 fully saturated rings. The van der Waals surface area contributed by atoms with Crippen molar-refractivity contribution in [2.75, 3.05) is 0 Å². The predicted molar refractivity (Wildman–Crippen MR) is 45.8 cm³/mol. The molecule has 2 heterocycles. The normalized spacial score (nSPS) is 10.8. The molecule has 0 unspecified atom stereocenters. The number of H-pyrrole nitrogens is 1. The van der Waals surface area contributed by atoms with Crippen molar-refractivity contribution in [3.05, 3.63) is 24.0 Å². The number of primary amides is 1. The second-order valence-corrected chi connectivity index (χ2v) is 2.73. The average molecular weight is 163 g/mol. The second kappa shape index (κ2) is 2.14. The third-order valence-electron chi connectivity index (χ3n) is 2.00. The van der Waals surface area contributed by atoms with E-state index >= 15 is 0 Å². The van der Waals surface area contributed by atoms with Gasteiger partial charge >= 0.3 is 0 Å². The molecule has 0 aliphatic rings. The molecule has 12 heavy (non-hydrogen) atoms. The highest BCUT2D eigenvalue weighted by Gasteiger charge is 2.09. The number of aromatic nitrogens is 2. The van der Waals surface area contributed by atoms with E-state index in [9.17, 15) is 4.79 Å². The molecule has 0 aromatic carbocycles. The van der Waals surface area contributed by atoms with Crippen molar-refractivity contribution in [1.82, 2.24) is 9.55 Å². The van der Waals surface area contributed by atoms with Crippen LogP contribution in [0.15, 0.2) is 18.3 Å². The van der Waals surface area contributed by atoms with Gasteiger partial charge in [-0.1, -0.05) is 0 Å². The Bertz CT molecular complexity index is 438. The quantitative estimate of drug-likeness (QED) is 0.635. The van der Waals surface area contributed by atoms with E-state index in [-0.39, 0.29) is 0 Å². The highest BCUT2D eigenvalue weighted by atomic mass is 16.1. The summed E-state index contributed by atoms with van der Waals surface area (Å²) in [5.41, 5.74) is 6.61. The first-order valence-electron chi connectivity index (χ1n) is 3.63. The van der Waals surface area contributed by atoms with Crippen LogP contribution >= 0.6 is 0 Å². The zero-order chi connectivity index (χ0) is 8.72. The first-order chi connectivity index (χ1) is 5.70. The van der Waals surface area contributed by atoms with Crippen LogP contribution in [0.3, 0.4) is 0 Å². The number of aryl methyl sites for hydroxylation is 1. The maximum atomic E-state index is 10.9. The molecule has 0 aliphatic heterocycles. The van der Waals surface area contributed by atoms with Crippen molar-refractivity contribution < 1.29 is 4.79 Å². The van der Waals surface area contributed by atoms with Crippen LogP contribution in [-0.2, 0) is 7.05 Å². The Hall–Kier alpha value is -1.71. The minimum Gasteiger partial charge on any atom is -0.364 e. The van der Waals surface area contributed by atoms with Gasteiger partial charge in [-0.3, -0.25) is 4.79 Å². The zero-order valence-electron chi connectivity index (χ0n) is 6.66. The number of carbonyl (C=O) groups excluding carboxylic acids is 1. The standard InChI is InChI=1S/C8H9N3O/c1-11-6(7(9)12)4-5-2-3-10-8(5)11/h2-4,10H,1H3,(H2,9,12). The Kier molecular flexibility index (Phi) is 1.24. The summed E-state index contributed by atoms with van der Waals surface area (Å²) in [5.74, 6) is -0.401. The Labute approximate surface area is 69.0 Å². The molecule has 2 rings (SSSR count). The smallest absolute Gasteiger partial charge is 0.265 e. The van der Waals surface area contributed by atoms with Gasteiger partial charge in [0.2, 0.25) is 0 Å².